The van der Waals surface area contributed by atoms with Gasteiger partial charge in [0.25, 0.3) is 10.1 Å². The van der Waals surface area contributed by atoms with Gasteiger partial charge in [0.05, 0.1) is 12.9 Å². The van der Waals surface area contributed by atoms with Crippen LogP contribution in [0.3, 0.4) is 0 Å². The van der Waals surface area contributed by atoms with Crippen LogP contribution in [-0.2, 0) is 19.0 Å². The van der Waals surface area contributed by atoms with Crippen molar-refractivity contribution in [2.24, 2.45) is 5.92 Å². The summed E-state index contributed by atoms with van der Waals surface area (Å²) in [6.07, 6.45) is 2.86. The molecule has 0 radical (unpaired) electrons. The third-order valence-electron chi connectivity index (χ3n) is 1.85. The zero-order chi connectivity index (χ0) is 9.03. The fourth-order valence-electron chi connectivity index (χ4n) is 1.18. The lowest BCUT2D eigenvalue weighted by Gasteiger charge is -2.05. The molecule has 1 rings (SSSR count). The van der Waals surface area contributed by atoms with Gasteiger partial charge in [0, 0.05) is 13.2 Å². The van der Waals surface area contributed by atoms with E-state index in [1.54, 1.807) is 0 Å². The Morgan fingerprint density at radius 2 is 2.33 bits per heavy atom. The normalized spacial score (nSPS) is 24.6. The second-order valence-corrected chi connectivity index (χ2v) is 4.69. The lowest BCUT2D eigenvalue weighted by atomic mass is 10.1. The van der Waals surface area contributed by atoms with Crippen molar-refractivity contribution in [2.45, 2.75) is 12.8 Å². The predicted octanol–water partition coefficient (Wildman–Crippen LogP) is 0.389. The predicted molar refractivity (Wildman–Crippen MR) is 44.3 cm³/mol. The molecule has 1 unspecified atom stereocenters. The van der Waals surface area contributed by atoms with Crippen LogP contribution < -0.4 is 0 Å². The van der Waals surface area contributed by atoms with Gasteiger partial charge >= 0.3 is 0 Å². The van der Waals surface area contributed by atoms with E-state index in [2.05, 4.69) is 4.18 Å². The highest BCUT2D eigenvalue weighted by atomic mass is 32.2. The van der Waals surface area contributed by atoms with E-state index in [1.165, 1.54) is 0 Å². The van der Waals surface area contributed by atoms with E-state index in [9.17, 15) is 8.42 Å². The summed E-state index contributed by atoms with van der Waals surface area (Å²) in [5, 5.41) is 0. The Bertz CT molecular complexity index is 216. The standard InChI is InChI=1S/C7H14O4S/c1-12(8,9)11-5-3-7-2-4-10-6-7/h7H,2-6H2,1H3. The topological polar surface area (TPSA) is 52.6 Å². The van der Waals surface area contributed by atoms with Gasteiger partial charge in [-0.15, -0.1) is 0 Å². The lowest BCUT2D eigenvalue weighted by molar-refractivity contribution is 0.178. The zero-order valence-electron chi connectivity index (χ0n) is 7.15. The maximum Gasteiger partial charge on any atom is 0.264 e. The lowest BCUT2D eigenvalue weighted by Crippen LogP contribution is -2.09. The van der Waals surface area contributed by atoms with Crippen molar-refractivity contribution in [1.82, 2.24) is 0 Å². The highest BCUT2D eigenvalue weighted by molar-refractivity contribution is 7.85. The average Bonchev–Trinajstić information content (AvgIpc) is 2.36. The van der Waals surface area contributed by atoms with Gasteiger partial charge in [-0.3, -0.25) is 4.18 Å². The van der Waals surface area contributed by atoms with Crippen LogP contribution in [0.15, 0.2) is 0 Å². The molecule has 1 saturated heterocycles. The molecule has 0 aromatic carbocycles. The maximum atomic E-state index is 10.6. The van der Waals surface area contributed by atoms with Crippen LogP contribution in [0.1, 0.15) is 12.8 Å². The number of hydrogen-bond acceptors (Lipinski definition) is 4. The van der Waals surface area contributed by atoms with E-state index in [1.807, 2.05) is 0 Å². The number of ether oxygens (including phenoxy) is 1. The van der Waals surface area contributed by atoms with Gasteiger partial charge in [-0.2, -0.15) is 8.42 Å². The van der Waals surface area contributed by atoms with Crippen LogP contribution in [0.25, 0.3) is 0 Å². The van der Waals surface area contributed by atoms with Crippen molar-refractivity contribution in [3.63, 3.8) is 0 Å². The second kappa shape index (κ2) is 4.20. The molecule has 72 valence electrons. The van der Waals surface area contributed by atoms with E-state index in [0.29, 0.717) is 5.92 Å². The summed E-state index contributed by atoms with van der Waals surface area (Å²) in [5.41, 5.74) is 0. The van der Waals surface area contributed by atoms with Gasteiger partial charge in [0.15, 0.2) is 0 Å². The first-order chi connectivity index (χ1) is 5.58. The Morgan fingerprint density at radius 1 is 1.58 bits per heavy atom. The zero-order valence-corrected chi connectivity index (χ0v) is 7.97. The Hall–Kier alpha value is -0.130. The molecule has 0 aliphatic carbocycles. The van der Waals surface area contributed by atoms with Gasteiger partial charge in [-0.1, -0.05) is 0 Å². The first-order valence-electron chi connectivity index (χ1n) is 4.00. The molecule has 12 heavy (non-hydrogen) atoms. The summed E-state index contributed by atoms with van der Waals surface area (Å²) in [5.74, 6) is 0.478. The van der Waals surface area contributed by atoms with Crippen LogP contribution in [0.5, 0.6) is 0 Å². The molecule has 0 spiro atoms. The van der Waals surface area contributed by atoms with Crippen LogP contribution in [0, 0.1) is 5.92 Å². The fraction of sp³-hybridized carbons (Fsp3) is 1.00. The Kier molecular flexibility index (Phi) is 3.49. The molecule has 0 bridgehead atoms. The van der Waals surface area contributed by atoms with Crippen molar-refractivity contribution in [1.29, 1.82) is 0 Å². The van der Waals surface area contributed by atoms with Crippen LogP contribution in [0.2, 0.25) is 0 Å². The molecule has 0 N–H and O–H groups in total. The van der Waals surface area contributed by atoms with Crippen LogP contribution in [-0.4, -0.2) is 34.5 Å². The molecule has 1 atom stereocenters. The highest BCUT2D eigenvalue weighted by Crippen LogP contribution is 2.16. The Balaban J connectivity index is 2.09. The summed E-state index contributed by atoms with van der Waals surface area (Å²) < 4.78 is 30.8. The summed E-state index contributed by atoms with van der Waals surface area (Å²) in [7, 11) is -3.26. The minimum atomic E-state index is -3.26. The Morgan fingerprint density at radius 3 is 2.83 bits per heavy atom. The number of hydrogen-bond donors (Lipinski definition) is 0. The minimum Gasteiger partial charge on any atom is -0.381 e. The monoisotopic (exact) mass is 194 g/mol. The summed E-state index contributed by atoms with van der Waals surface area (Å²) >= 11 is 0. The summed E-state index contributed by atoms with van der Waals surface area (Å²) in [4.78, 5) is 0. The molecule has 0 aromatic rings. The SMILES string of the molecule is CS(=O)(=O)OCCC1CCOC1. The average molecular weight is 194 g/mol. The second-order valence-electron chi connectivity index (χ2n) is 3.04. The molecule has 0 aromatic heterocycles. The van der Waals surface area contributed by atoms with Crippen molar-refractivity contribution < 1.29 is 17.3 Å². The largest absolute Gasteiger partial charge is 0.381 e. The van der Waals surface area contributed by atoms with E-state index in [-0.39, 0.29) is 6.61 Å². The third kappa shape index (κ3) is 4.04. The molecule has 4 nitrogen and oxygen atoms in total. The highest BCUT2D eigenvalue weighted by Gasteiger charge is 2.15. The van der Waals surface area contributed by atoms with Crippen molar-refractivity contribution >= 4 is 10.1 Å². The third-order valence-corrected chi connectivity index (χ3v) is 2.44. The van der Waals surface area contributed by atoms with Crippen molar-refractivity contribution in [2.75, 3.05) is 26.1 Å². The smallest absolute Gasteiger partial charge is 0.264 e. The molecule has 1 heterocycles. The van der Waals surface area contributed by atoms with Gasteiger partial charge in [-0.25, -0.2) is 0 Å². The first kappa shape index (κ1) is 9.95. The van der Waals surface area contributed by atoms with E-state index in [0.717, 1.165) is 32.3 Å². The Labute approximate surface area is 73.0 Å². The maximum absolute atomic E-state index is 10.6. The molecule has 1 aliphatic rings. The molecule has 1 aliphatic heterocycles. The van der Waals surface area contributed by atoms with E-state index >= 15 is 0 Å². The van der Waals surface area contributed by atoms with Crippen LogP contribution >= 0.6 is 0 Å². The van der Waals surface area contributed by atoms with Gasteiger partial charge < -0.3 is 4.74 Å². The van der Waals surface area contributed by atoms with Gasteiger partial charge in [0.2, 0.25) is 0 Å². The summed E-state index contributed by atoms with van der Waals surface area (Å²) in [6, 6.07) is 0. The van der Waals surface area contributed by atoms with Crippen molar-refractivity contribution in [3.8, 4) is 0 Å². The van der Waals surface area contributed by atoms with Gasteiger partial charge in [0.1, 0.15) is 0 Å². The molecular formula is C7H14O4S. The minimum absolute atomic E-state index is 0.285. The fourth-order valence-corrected chi connectivity index (χ4v) is 1.58. The first-order valence-corrected chi connectivity index (χ1v) is 5.82. The van der Waals surface area contributed by atoms with E-state index in [4.69, 9.17) is 4.74 Å². The molecular weight excluding hydrogens is 180 g/mol. The molecule has 0 saturated carbocycles. The quantitative estimate of drug-likeness (QED) is 0.607. The molecule has 1 fully saturated rings. The van der Waals surface area contributed by atoms with Gasteiger partial charge in [-0.05, 0) is 18.8 Å². The number of rotatable bonds is 4. The van der Waals surface area contributed by atoms with Crippen LogP contribution in [0.4, 0.5) is 0 Å². The molecule has 5 heteroatoms. The molecule has 0 amide bonds. The summed E-state index contributed by atoms with van der Waals surface area (Å²) in [6.45, 7) is 1.82. The van der Waals surface area contributed by atoms with E-state index < -0.39 is 10.1 Å². The van der Waals surface area contributed by atoms with Crippen molar-refractivity contribution in [3.05, 3.63) is 0 Å².